The second-order valence-corrected chi connectivity index (χ2v) is 4.39. The van der Waals surface area contributed by atoms with E-state index in [1.165, 1.54) is 6.07 Å². The van der Waals surface area contributed by atoms with Crippen LogP contribution in [-0.4, -0.2) is 18.5 Å². The first kappa shape index (κ1) is 14.3. The molecule has 0 aliphatic rings. The molecule has 0 aliphatic heterocycles. The number of anilines is 1. The van der Waals surface area contributed by atoms with E-state index >= 15 is 0 Å². The Hall–Kier alpha value is -1.80. The molecule has 0 bridgehead atoms. The molecule has 1 atom stereocenters. The number of hydrogen-bond donors (Lipinski definition) is 0. The van der Waals surface area contributed by atoms with Crippen molar-refractivity contribution in [3.05, 3.63) is 33.9 Å². The lowest BCUT2D eigenvalue weighted by atomic mass is 10.1. The molecule has 1 aromatic carbocycles. The molecule has 1 unspecified atom stereocenters. The van der Waals surface area contributed by atoms with E-state index < -0.39 is 4.92 Å². The van der Waals surface area contributed by atoms with Crippen molar-refractivity contribution < 1.29 is 4.92 Å². The average molecular weight is 268 g/mol. The van der Waals surface area contributed by atoms with E-state index in [2.05, 4.69) is 6.07 Å². The molecule has 5 nitrogen and oxygen atoms in total. The Morgan fingerprint density at radius 2 is 2.28 bits per heavy atom. The number of benzene rings is 1. The molecule has 0 amide bonds. The number of nitro groups is 1. The molecule has 18 heavy (non-hydrogen) atoms. The Morgan fingerprint density at radius 1 is 1.61 bits per heavy atom. The van der Waals surface area contributed by atoms with Gasteiger partial charge in [-0.25, -0.2) is 0 Å². The zero-order valence-corrected chi connectivity index (χ0v) is 11.0. The van der Waals surface area contributed by atoms with Crippen LogP contribution in [0.15, 0.2) is 18.2 Å². The van der Waals surface area contributed by atoms with Crippen molar-refractivity contribution in [2.24, 2.45) is 5.92 Å². The minimum Gasteiger partial charge on any atom is -0.368 e. The van der Waals surface area contributed by atoms with Gasteiger partial charge in [-0.2, -0.15) is 5.26 Å². The first-order valence-electron chi connectivity index (χ1n) is 5.43. The van der Waals surface area contributed by atoms with E-state index in [1.54, 1.807) is 31.0 Å². The summed E-state index contributed by atoms with van der Waals surface area (Å²) < 4.78 is 0. The van der Waals surface area contributed by atoms with Crippen LogP contribution in [0.4, 0.5) is 11.4 Å². The van der Waals surface area contributed by atoms with Gasteiger partial charge in [-0.15, -0.1) is 11.6 Å². The van der Waals surface area contributed by atoms with Crippen LogP contribution in [0.3, 0.4) is 0 Å². The third-order valence-electron chi connectivity index (χ3n) is 2.57. The molecule has 0 saturated carbocycles. The van der Waals surface area contributed by atoms with Crippen molar-refractivity contribution in [3.8, 4) is 6.07 Å². The summed E-state index contributed by atoms with van der Waals surface area (Å²) in [7, 11) is 1.73. The van der Waals surface area contributed by atoms with Crippen LogP contribution in [0.2, 0.25) is 0 Å². The Kier molecular flexibility index (Phi) is 4.93. The Labute approximate surface area is 111 Å². The molecule has 1 aromatic rings. The summed E-state index contributed by atoms with van der Waals surface area (Å²) in [5, 5.41) is 19.8. The van der Waals surface area contributed by atoms with Crippen LogP contribution in [0.25, 0.3) is 0 Å². The van der Waals surface area contributed by atoms with Gasteiger partial charge in [-0.3, -0.25) is 10.1 Å². The zero-order chi connectivity index (χ0) is 13.7. The molecule has 1 rings (SSSR count). The van der Waals surface area contributed by atoms with Crippen LogP contribution < -0.4 is 4.90 Å². The smallest absolute Gasteiger partial charge is 0.292 e. The van der Waals surface area contributed by atoms with E-state index in [4.69, 9.17) is 16.9 Å². The van der Waals surface area contributed by atoms with Crippen molar-refractivity contribution in [2.45, 2.75) is 12.8 Å². The van der Waals surface area contributed by atoms with Crippen molar-refractivity contribution in [3.63, 3.8) is 0 Å². The SMILES string of the molecule is CC(C#N)CN(C)c1ccc(CCl)cc1[N+](=O)[O-]. The van der Waals surface area contributed by atoms with E-state index in [1.807, 2.05) is 0 Å². The maximum Gasteiger partial charge on any atom is 0.292 e. The monoisotopic (exact) mass is 267 g/mol. The van der Waals surface area contributed by atoms with Crippen LogP contribution in [0, 0.1) is 27.4 Å². The highest BCUT2D eigenvalue weighted by Gasteiger charge is 2.18. The van der Waals surface area contributed by atoms with Crippen LogP contribution >= 0.6 is 11.6 Å². The predicted molar refractivity (Wildman–Crippen MR) is 70.7 cm³/mol. The topological polar surface area (TPSA) is 70.2 Å². The van der Waals surface area contributed by atoms with Gasteiger partial charge in [0.05, 0.1) is 16.9 Å². The first-order valence-corrected chi connectivity index (χ1v) is 5.97. The predicted octanol–water partition coefficient (Wildman–Crippen LogP) is 2.93. The molecule has 0 N–H and O–H groups in total. The second-order valence-electron chi connectivity index (χ2n) is 4.12. The van der Waals surface area contributed by atoms with Crippen molar-refractivity contribution in [1.82, 2.24) is 0 Å². The normalized spacial score (nSPS) is 11.7. The summed E-state index contributed by atoms with van der Waals surface area (Å²) in [5.74, 6) is 0.0432. The summed E-state index contributed by atoms with van der Waals surface area (Å²) in [6.07, 6.45) is 0. The number of hydrogen-bond acceptors (Lipinski definition) is 4. The fraction of sp³-hybridized carbons (Fsp3) is 0.417. The summed E-state index contributed by atoms with van der Waals surface area (Å²) >= 11 is 5.66. The largest absolute Gasteiger partial charge is 0.368 e. The first-order chi connectivity index (χ1) is 8.49. The second kappa shape index (κ2) is 6.22. The fourth-order valence-corrected chi connectivity index (χ4v) is 1.84. The van der Waals surface area contributed by atoms with Gasteiger partial charge in [0, 0.05) is 25.5 Å². The highest BCUT2D eigenvalue weighted by atomic mass is 35.5. The molecule has 6 heteroatoms. The maximum absolute atomic E-state index is 11.0. The van der Waals surface area contributed by atoms with Crippen LogP contribution in [-0.2, 0) is 5.88 Å². The highest BCUT2D eigenvalue weighted by Crippen LogP contribution is 2.29. The summed E-state index contributed by atoms with van der Waals surface area (Å²) in [6, 6.07) is 6.99. The number of nitrogens with zero attached hydrogens (tertiary/aromatic N) is 3. The highest BCUT2D eigenvalue weighted by molar-refractivity contribution is 6.17. The number of rotatable bonds is 5. The summed E-state index contributed by atoms with van der Waals surface area (Å²) in [6.45, 7) is 2.22. The molecule has 0 fully saturated rings. The molecule has 0 saturated heterocycles. The van der Waals surface area contributed by atoms with Gasteiger partial charge in [0.15, 0.2) is 0 Å². The molecular formula is C12H14ClN3O2. The van der Waals surface area contributed by atoms with Crippen molar-refractivity contribution >= 4 is 23.0 Å². The third kappa shape index (κ3) is 3.34. The number of halogens is 1. The number of nitriles is 1. The van der Waals surface area contributed by atoms with Crippen molar-refractivity contribution in [2.75, 3.05) is 18.5 Å². The molecule has 0 heterocycles. The standard InChI is InChI=1S/C12H14ClN3O2/c1-9(7-14)8-15(2)11-4-3-10(6-13)5-12(11)16(17)18/h3-5,9H,6,8H2,1-2H3. The average Bonchev–Trinajstić information content (AvgIpc) is 2.37. The van der Waals surface area contributed by atoms with Gasteiger partial charge < -0.3 is 4.90 Å². The zero-order valence-electron chi connectivity index (χ0n) is 10.3. The molecule has 0 aliphatic carbocycles. The van der Waals surface area contributed by atoms with Crippen molar-refractivity contribution in [1.29, 1.82) is 5.26 Å². The minimum atomic E-state index is -0.432. The fourth-order valence-electron chi connectivity index (χ4n) is 1.67. The van der Waals surface area contributed by atoms with Gasteiger partial charge in [0.2, 0.25) is 0 Å². The summed E-state index contributed by atoms with van der Waals surface area (Å²) in [5.41, 5.74) is 1.21. The van der Waals surface area contributed by atoms with E-state index in [-0.39, 0.29) is 17.5 Å². The van der Waals surface area contributed by atoms with Gasteiger partial charge in [-0.05, 0) is 18.6 Å². The maximum atomic E-state index is 11.0. The third-order valence-corrected chi connectivity index (χ3v) is 2.88. The van der Waals surface area contributed by atoms with E-state index in [0.717, 1.165) is 0 Å². The quantitative estimate of drug-likeness (QED) is 0.467. The molecule has 0 radical (unpaired) electrons. The lowest BCUT2D eigenvalue weighted by Crippen LogP contribution is -2.24. The molecule has 0 aromatic heterocycles. The Morgan fingerprint density at radius 3 is 2.78 bits per heavy atom. The van der Waals surface area contributed by atoms with Crippen LogP contribution in [0.5, 0.6) is 0 Å². The van der Waals surface area contributed by atoms with Gasteiger partial charge in [0.25, 0.3) is 5.69 Å². The van der Waals surface area contributed by atoms with Gasteiger partial charge in [-0.1, -0.05) is 6.07 Å². The van der Waals surface area contributed by atoms with Crippen LogP contribution in [0.1, 0.15) is 12.5 Å². The minimum absolute atomic E-state index is 0.0146. The van der Waals surface area contributed by atoms with Gasteiger partial charge in [0.1, 0.15) is 5.69 Å². The summed E-state index contributed by atoms with van der Waals surface area (Å²) in [4.78, 5) is 12.3. The molecule has 96 valence electrons. The van der Waals surface area contributed by atoms with E-state index in [0.29, 0.717) is 17.8 Å². The number of alkyl halides is 1. The molecular weight excluding hydrogens is 254 g/mol. The number of nitro benzene ring substituents is 1. The van der Waals surface area contributed by atoms with E-state index in [9.17, 15) is 10.1 Å². The Balaban J connectivity index is 3.08. The molecule has 0 spiro atoms. The van der Waals surface area contributed by atoms with Gasteiger partial charge >= 0.3 is 0 Å². The lowest BCUT2D eigenvalue weighted by Gasteiger charge is -2.20. The lowest BCUT2D eigenvalue weighted by molar-refractivity contribution is -0.384. The Bertz CT molecular complexity index is 485.